The Balaban J connectivity index is 1.40. The van der Waals surface area contributed by atoms with Crippen LogP contribution in [0.2, 0.25) is 0 Å². The minimum atomic E-state index is 0.0911. The maximum atomic E-state index is 12.3. The third kappa shape index (κ3) is 6.32. The number of aromatic nitrogens is 1. The Morgan fingerprint density at radius 2 is 2.06 bits per heavy atom. The first-order chi connectivity index (χ1) is 15.0. The van der Waals surface area contributed by atoms with Crippen LogP contribution < -0.4 is 5.32 Å². The topological polar surface area (TPSA) is 74.6 Å². The molecule has 2 N–H and O–H groups in total. The number of carbonyl (C=O) groups excluding carboxylic acids is 1. The summed E-state index contributed by atoms with van der Waals surface area (Å²) in [5, 5.41) is 13.4. The molecule has 1 heterocycles. The summed E-state index contributed by atoms with van der Waals surface area (Å²) in [5.74, 6) is 0.730. The molecule has 0 saturated heterocycles. The van der Waals surface area contributed by atoms with Crippen molar-refractivity contribution in [3.05, 3.63) is 43.0 Å². The lowest BCUT2D eigenvalue weighted by Gasteiger charge is -2.22. The van der Waals surface area contributed by atoms with Gasteiger partial charge in [-0.25, -0.2) is 4.98 Å². The minimum Gasteiger partial charge on any atom is -0.506 e. The Bertz CT molecular complexity index is 1130. The van der Waals surface area contributed by atoms with Gasteiger partial charge in [0.25, 0.3) is 0 Å². The maximum Gasteiger partial charge on any atom is 0.230 e. The van der Waals surface area contributed by atoms with E-state index in [2.05, 4.69) is 60.5 Å². The maximum absolute atomic E-state index is 12.3. The van der Waals surface area contributed by atoms with Crippen LogP contribution >= 0.6 is 68.3 Å². The monoisotopic (exact) mass is 677 g/mol. The first kappa shape index (κ1) is 23.2. The summed E-state index contributed by atoms with van der Waals surface area (Å²) in [6, 6.07) is 10.0. The molecule has 31 heavy (non-hydrogen) atoms. The third-order valence-corrected chi connectivity index (χ3v) is 8.67. The van der Waals surface area contributed by atoms with Crippen molar-refractivity contribution in [1.82, 2.24) is 10.3 Å². The number of aromatic hydroxyl groups is 1. The van der Waals surface area contributed by atoms with Crippen molar-refractivity contribution in [2.75, 3.05) is 5.75 Å². The fraction of sp³-hybridized carbons (Fsp3) is 0.318. The summed E-state index contributed by atoms with van der Waals surface area (Å²) in [6.45, 7) is 0. The van der Waals surface area contributed by atoms with Gasteiger partial charge in [-0.3, -0.25) is 9.79 Å². The van der Waals surface area contributed by atoms with Crippen LogP contribution in [0.15, 0.2) is 39.7 Å². The number of fused-ring (bicyclic) bond motifs is 1. The van der Waals surface area contributed by atoms with Gasteiger partial charge in [0, 0.05) is 21.4 Å². The summed E-state index contributed by atoms with van der Waals surface area (Å²) in [6.07, 6.45) is 7.59. The van der Waals surface area contributed by atoms with Crippen molar-refractivity contribution in [2.45, 2.75) is 42.5 Å². The number of aliphatic imine (C=N–C) groups is 1. The molecule has 3 aromatic rings. The molecule has 1 fully saturated rings. The lowest BCUT2D eigenvalue weighted by molar-refractivity contribution is -0.119. The molecule has 5 nitrogen and oxygen atoms in total. The van der Waals surface area contributed by atoms with Gasteiger partial charge >= 0.3 is 0 Å². The zero-order valence-corrected chi connectivity index (χ0v) is 22.6. The average Bonchev–Trinajstić information content (AvgIpc) is 3.17. The highest BCUT2D eigenvalue weighted by Crippen LogP contribution is 2.32. The molecule has 1 aromatic heterocycles. The number of thiazole rings is 1. The van der Waals surface area contributed by atoms with Gasteiger partial charge in [0.15, 0.2) is 4.34 Å². The van der Waals surface area contributed by atoms with Gasteiger partial charge in [-0.2, -0.15) is 0 Å². The average molecular weight is 677 g/mol. The van der Waals surface area contributed by atoms with Crippen LogP contribution in [0, 0.1) is 7.14 Å². The molecule has 1 amide bonds. The van der Waals surface area contributed by atoms with E-state index in [9.17, 15) is 9.90 Å². The molecule has 1 aliphatic rings. The van der Waals surface area contributed by atoms with E-state index in [0.717, 1.165) is 40.2 Å². The molecule has 2 aromatic carbocycles. The Kier molecular flexibility index (Phi) is 8.10. The van der Waals surface area contributed by atoms with Gasteiger partial charge in [0.1, 0.15) is 5.75 Å². The van der Waals surface area contributed by atoms with Crippen molar-refractivity contribution in [1.29, 1.82) is 0 Å². The van der Waals surface area contributed by atoms with E-state index in [1.165, 1.54) is 31.0 Å². The van der Waals surface area contributed by atoms with Gasteiger partial charge in [-0.15, -0.1) is 11.3 Å². The van der Waals surface area contributed by atoms with Gasteiger partial charge in [-0.05, 0) is 88.4 Å². The normalized spacial score (nSPS) is 15.0. The van der Waals surface area contributed by atoms with Crippen LogP contribution in [0.5, 0.6) is 5.75 Å². The number of rotatable bonds is 6. The lowest BCUT2D eigenvalue weighted by Crippen LogP contribution is -2.37. The summed E-state index contributed by atoms with van der Waals surface area (Å²) in [4.78, 5) is 21.4. The Morgan fingerprint density at radius 3 is 2.87 bits per heavy atom. The van der Waals surface area contributed by atoms with Crippen molar-refractivity contribution in [3.63, 3.8) is 0 Å². The first-order valence-electron chi connectivity index (χ1n) is 10.0. The SMILES string of the molecule is O=C(CSc1nc2ccc(N=Cc3cc(I)cc(I)c3O)cc2s1)NC1CCCCC1. The number of benzene rings is 2. The van der Waals surface area contributed by atoms with Crippen molar-refractivity contribution in [2.24, 2.45) is 4.99 Å². The van der Waals surface area contributed by atoms with Crippen LogP contribution in [-0.4, -0.2) is 34.0 Å². The van der Waals surface area contributed by atoms with Crippen LogP contribution in [0.3, 0.4) is 0 Å². The van der Waals surface area contributed by atoms with Crippen molar-refractivity contribution in [3.8, 4) is 5.75 Å². The second kappa shape index (κ2) is 10.8. The second-order valence-corrected chi connectivity index (χ2v) is 12.1. The zero-order valence-electron chi connectivity index (χ0n) is 16.6. The second-order valence-electron chi connectivity index (χ2n) is 7.41. The number of amides is 1. The number of hydrogen-bond acceptors (Lipinski definition) is 6. The predicted octanol–water partition coefficient (Wildman–Crippen LogP) is 6.50. The number of thioether (sulfide) groups is 1. The van der Waals surface area contributed by atoms with Crippen LogP contribution in [0.4, 0.5) is 5.69 Å². The Morgan fingerprint density at radius 1 is 1.26 bits per heavy atom. The fourth-order valence-corrected chi connectivity index (χ4v) is 7.31. The quantitative estimate of drug-likeness (QED) is 0.178. The fourth-order valence-electron chi connectivity index (χ4n) is 3.51. The first-order valence-corrected chi connectivity index (χ1v) is 14.0. The standard InChI is InChI=1S/C22H21I2N3O2S2/c23-14-8-13(21(29)17(24)9-14)11-25-16-6-7-18-19(10-16)31-22(27-18)30-12-20(28)26-15-4-2-1-3-5-15/h6-11,15,29H,1-5,12H2,(H,26,28). The van der Waals surface area contributed by atoms with Gasteiger partial charge < -0.3 is 10.4 Å². The number of carbonyl (C=O) groups is 1. The highest BCUT2D eigenvalue weighted by Gasteiger charge is 2.16. The molecular weight excluding hydrogens is 656 g/mol. The molecular formula is C22H21I2N3O2S2. The van der Waals surface area contributed by atoms with Gasteiger partial charge in [0.05, 0.1) is 25.2 Å². The largest absolute Gasteiger partial charge is 0.506 e. The van der Waals surface area contributed by atoms with E-state index in [-0.39, 0.29) is 11.7 Å². The highest BCUT2D eigenvalue weighted by atomic mass is 127. The Hall–Kier alpha value is -0.920. The zero-order chi connectivity index (χ0) is 21.8. The van der Waals surface area contributed by atoms with E-state index in [1.807, 2.05) is 30.3 Å². The number of phenolic OH excluding ortho intramolecular Hbond substituents is 1. The smallest absolute Gasteiger partial charge is 0.230 e. The van der Waals surface area contributed by atoms with E-state index < -0.39 is 0 Å². The summed E-state index contributed by atoms with van der Waals surface area (Å²) in [5.41, 5.74) is 2.41. The predicted molar refractivity (Wildman–Crippen MR) is 146 cm³/mol. The van der Waals surface area contributed by atoms with E-state index >= 15 is 0 Å². The van der Waals surface area contributed by atoms with Crippen LogP contribution in [0.25, 0.3) is 10.2 Å². The van der Waals surface area contributed by atoms with E-state index in [1.54, 1.807) is 17.6 Å². The molecule has 0 spiro atoms. The van der Waals surface area contributed by atoms with Crippen molar-refractivity contribution < 1.29 is 9.90 Å². The van der Waals surface area contributed by atoms with Crippen molar-refractivity contribution >= 4 is 96.3 Å². The molecule has 0 aliphatic heterocycles. The molecule has 4 rings (SSSR count). The molecule has 162 valence electrons. The van der Waals surface area contributed by atoms with Gasteiger partial charge in [-0.1, -0.05) is 31.0 Å². The Labute approximate surface area is 216 Å². The summed E-state index contributed by atoms with van der Waals surface area (Å²) in [7, 11) is 0. The molecule has 1 aliphatic carbocycles. The third-order valence-electron chi connectivity index (χ3n) is 5.06. The molecule has 0 unspecified atom stereocenters. The lowest BCUT2D eigenvalue weighted by atomic mass is 9.95. The van der Waals surface area contributed by atoms with Crippen LogP contribution in [0.1, 0.15) is 37.7 Å². The number of nitrogens with zero attached hydrogens (tertiary/aromatic N) is 2. The van der Waals surface area contributed by atoms with E-state index in [4.69, 9.17) is 0 Å². The highest BCUT2D eigenvalue weighted by molar-refractivity contribution is 14.1. The molecule has 0 radical (unpaired) electrons. The number of nitrogens with one attached hydrogen (secondary N) is 1. The van der Waals surface area contributed by atoms with E-state index in [0.29, 0.717) is 17.4 Å². The number of halogens is 2. The minimum absolute atomic E-state index is 0.0911. The summed E-state index contributed by atoms with van der Waals surface area (Å²) < 4.78 is 3.78. The molecule has 0 bridgehead atoms. The molecule has 1 saturated carbocycles. The number of phenols is 1. The van der Waals surface area contributed by atoms with Gasteiger partial charge in [0.2, 0.25) is 5.91 Å². The molecule has 9 heteroatoms. The summed E-state index contributed by atoms with van der Waals surface area (Å²) >= 11 is 7.41. The van der Waals surface area contributed by atoms with Crippen LogP contribution in [-0.2, 0) is 4.79 Å². The molecule has 0 atom stereocenters. The number of hydrogen-bond donors (Lipinski definition) is 2.